The zero-order valence-corrected chi connectivity index (χ0v) is 11.5. The lowest BCUT2D eigenvalue weighted by atomic mass is 9.53. The highest BCUT2D eigenvalue weighted by molar-refractivity contribution is 4.99. The molecule has 0 aliphatic heterocycles. The average molecular weight is 238 g/mol. The Morgan fingerprint density at radius 3 is 1.25 bits per heavy atom. The fourth-order valence-corrected chi connectivity index (χ4v) is 2.83. The second-order valence-electron chi connectivity index (χ2n) is 5.78. The monoisotopic (exact) mass is 238 g/mol. The molecule has 1 unspecified atom stereocenters. The summed E-state index contributed by atoms with van der Waals surface area (Å²) < 4.78 is 40.0. The fraction of sp³-hybridized carbons (Fsp3) is 1.00. The zero-order valence-electron chi connectivity index (χ0n) is 11.5. The van der Waals surface area contributed by atoms with Gasteiger partial charge in [-0.25, -0.2) is 0 Å². The molecule has 0 aromatic heterocycles. The lowest BCUT2D eigenvalue weighted by molar-refractivity contribution is -0.274. The Hall–Kier alpha value is -0.210. The summed E-state index contributed by atoms with van der Waals surface area (Å²) in [4.78, 5) is 0. The molecule has 3 heteroatoms. The van der Waals surface area contributed by atoms with Gasteiger partial charge in [-0.3, -0.25) is 0 Å². The van der Waals surface area contributed by atoms with Crippen molar-refractivity contribution < 1.29 is 13.2 Å². The molecule has 0 bridgehead atoms. The number of halogens is 3. The minimum absolute atomic E-state index is 0.000856. The second kappa shape index (κ2) is 4.58. The first-order valence-electron chi connectivity index (χ1n) is 6.01. The molecule has 0 aromatic carbocycles. The summed E-state index contributed by atoms with van der Waals surface area (Å²) in [5.41, 5.74) is -2.36. The van der Waals surface area contributed by atoms with Crippen molar-refractivity contribution in [1.29, 1.82) is 0 Å². The first-order valence-corrected chi connectivity index (χ1v) is 6.01. The van der Waals surface area contributed by atoms with Crippen molar-refractivity contribution in [3.8, 4) is 0 Å². The molecule has 0 aliphatic carbocycles. The topological polar surface area (TPSA) is 0 Å². The molecule has 1 atom stereocenters. The maximum Gasteiger partial charge on any atom is 0.394 e. The van der Waals surface area contributed by atoms with E-state index in [0.717, 1.165) is 0 Å². The molecule has 0 N–H and O–H groups in total. The third kappa shape index (κ3) is 2.10. The highest BCUT2D eigenvalue weighted by atomic mass is 19.4. The number of alkyl halides is 3. The fourth-order valence-electron chi connectivity index (χ4n) is 2.83. The number of hydrogen-bond donors (Lipinski definition) is 0. The van der Waals surface area contributed by atoms with Crippen LogP contribution in [-0.4, -0.2) is 6.18 Å². The van der Waals surface area contributed by atoms with Gasteiger partial charge in [-0.2, -0.15) is 13.2 Å². The molecule has 0 fully saturated rings. The molecule has 98 valence electrons. The van der Waals surface area contributed by atoms with Gasteiger partial charge in [0.15, 0.2) is 0 Å². The molecule has 0 radical (unpaired) electrons. The van der Waals surface area contributed by atoms with Gasteiger partial charge < -0.3 is 0 Å². The molecule has 0 aliphatic rings. The molecule has 0 nitrogen and oxygen atoms in total. The molecule has 0 saturated heterocycles. The predicted molar refractivity (Wildman–Crippen MR) is 62.2 cm³/mol. The third-order valence-corrected chi connectivity index (χ3v) is 4.92. The lowest BCUT2D eigenvalue weighted by Crippen LogP contribution is -2.53. The van der Waals surface area contributed by atoms with E-state index in [1.807, 2.05) is 27.7 Å². The van der Waals surface area contributed by atoms with Crippen LogP contribution in [-0.2, 0) is 0 Å². The van der Waals surface area contributed by atoms with Crippen molar-refractivity contribution in [3.05, 3.63) is 0 Å². The summed E-state index contributed by atoms with van der Waals surface area (Å²) in [6, 6.07) is 0. The Labute approximate surface area is 97.6 Å². The van der Waals surface area contributed by atoms with E-state index in [1.165, 1.54) is 6.92 Å². The second-order valence-corrected chi connectivity index (χ2v) is 5.78. The van der Waals surface area contributed by atoms with Crippen LogP contribution in [0.5, 0.6) is 0 Å². The van der Waals surface area contributed by atoms with Gasteiger partial charge >= 0.3 is 6.18 Å². The number of hydrogen-bond acceptors (Lipinski definition) is 0. The summed E-state index contributed by atoms with van der Waals surface area (Å²) in [5.74, 6) is -0.00171. The molecule has 0 amide bonds. The van der Waals surface area contributed by atoms with E-state index in [9.17, 15) is 13.2 Å². The smallest absolute Gasteiger partial charge is 0.170 e. The maximum absolute atomic E-state index is 13.3. The molecule has 0 rings (SSSR count). The third-order valence-electron chi connectivity index (χ3n) is 4.92. The van der Waals surface area contributed by atoms with Crippen molar-refractivity contribution in [1.82, 2.24) is 0 Å². The zero-order chi connectivity index (χ0) is 13.4. The van der Waals surface area contributed by atoms with Crippen LogP contribution in [0, 0.1) is 22.7 Å². The number of rotatable bonds is 4. The van der Waals surface area contributed by atoms with Gasteiger partial charge in [-0.05, 0) is 23.7 Å². The van der Waals surface area contributed by atoms with Crippen LogP contribution in [0.3, 0.4) is 0 Å². The van der Waals surface area contributed by atoms with Gasteiger partial charge in [0.25, 0.3) is 0 Å². The average Bonchev–Trinajstić information content (AvgIpc) is 2.12. The normalized spacial score (nSPS) is 18.0. The summed E-state index contributed by atoms with van der Waals surface area (Å²) in [7, 11) is 0. The molecule has 0 heterocycles. The van der Waals surface area contributed by atoms with Crippen LogP contribution in [0.1, 0.15) is 54.9 Å². The van der Waals surface area contributed by atoms with Crippen LogP contribution in [0.25, 0.3) is 0 Å². The standard InChI is InChI=1S/C13H25F3/c1-8-11(6,13(14,15)16)12(7,9(2)3)10(4)5/h9-10H,8H2,1-7H3. The van der Waals surface area contributed by atoms with Gasteiger partial charge in [0.1, 0.15) is 0 Å². The molecular weight excluding hydrogens is 213 g/mol. The van der Waals surface area contributed by atoms with Crippen LogP contribution in [0.15, 0.2) is 0 Å². The van der Waals surface area contributed by atoms with Gasteiger partial charge in [0.2, 0.25) is 0 Å². The Morgan fingerprint density at radius 2 is 1.19 bits per heavy atom. The van der Waals surface area contributed by atoms with E-state index >= 15 is 0 Å². The molecule has 0 saturated carbocycles. The predicted octanol–water partition coefficient (Wildman–Crippen LogP) is 5.28. The molecule has 0 aromatic rings. The van der Waals surface area contributed by atoms with Gasteiger partial charge in [-0.1, -0.05) is 48.5 Å². The Bertz CT molecular complexity index is 218. The van der Waals surface area contributed by atoms with Gasteiger partial charge in [0, 0.05) is 0 Å². The molecule has 0 spiro atoms. The first kappa shape index (κ1) is 15.8. The summed E-state index contributed by atoms with van der Waals surface area (Å²) in [6.45, 7) is 12.3. The van der Waals surface area contributed by atoms with Gasteiger partial charge in [0.05, 0.1) is 5.41 Å². The van der Waals surface area contributed by atoms with E-state index in [1.54, 1.807) is 13.8 Å². The van der Waals surface area contributed by atoms with Gasteiger partial charge in [-0.15, -0.1) is 0 Å². The minimum Gasteiger partial charge on any atom is -0.170 e. The van der Waals surface area contributed by atoms with Crippen molar-refractivity contribution in [3.63, 3.8) is 0 Å². The largest absolute Gasteiger partial charge is 0.394 e. The Kier molecular flexibility index (Phi) is 4.52. The van der Waals surface area contributed by atoms with E-state index in [2.05, 4.69) is 0 Å². The highest BCUT2D eigenvalue weighted by Crippen LogP contribution is 2.59. The lowest BCUT2D eigenvalue weighted by Gasteiger charge is -2.52. The maximum atomic E-state index is 13.3. The van der Waals surface area contributed by atoms with Crippen molar-refractivity contribution in [2.24, 2.45) is 22.7 Å². The minimum atomic E-state index is -4.15. The van der Waals surface area contributed by atoms with Crippen LogP contribution < -0.4 is 0 Å². The van der Waals surface area contributed by atoms with E-state index in [-0.39, 0.29) is 18.3 Å². The molecule has 16 heavy (non-hydrogen) atoms. The quantitative estimate of drug-likeness (QED) is 0.624. The van der Waals surface area contributed by atoms with E-state index < -0.39 is 17.0 Å². The summed E-state index contributed by atoms with van der Waals surface area (Å²) in [5, 5.41) is 0. The Balaban J connectivity index is 5.67. The summed E-state index contributed by atoms with van der Waals surface area (Å²) in [6.07, 6.45) is -4.02. The highest BCUT2D eigenvalue weighted by Gasteiger charge is 2.61. The van der Waals surface area contributed by atoms with Crippen molar-refractivity contribution >= 4 is 0 Å². The van der Waals surface area contributed by atoms with E-state index in [0.29, 0.717) is 0 Å². The summed E-state index contributed by atoms with van der Waals surface area (Å²) >= 11 is 0. The Morgan fingerprint density at radius 1 is 0.875 bits per heavy atom. The SMILES string of the molecule is CCC(C)(C(F)(F)F)C(C)(C(C)C)C(C)C. The van der Waals surface area contributed by atoms with Crippen molar-refractivity contribution in [2.45, 2.75) is 61.1 Å². The molecular formula is C13H25F3. The van der Waals surface area contributed by atoms with Crippen LogP contribution in [0.2, 0.25) is 0 Å². The van der Waals surface area contributed by atoms with E-state index in [4.69, 9.17) is 0 Å². The first-order chi connectivity index (χ1) is 6.95. The van der Waals surface area contributed by atoms with Crippen LogP contribution in [0.4, 0.5) is 13.2 Å². The van der Waals surface area contributed by atoms with Crippen molar-refractivity contribution in [2.75, 3.05) is 0 Å². The van der Waals surface area contributed by atoms with Crippen LogP contribution >= 0.6 is 0 Å².